The van der Waals surface area contributed by atoms with Crippen LogP contribution in [0.4, 0.5) is 17.6 Å². The lowest BCUT2D eigenvalue weighted by atomic mass is 10.0. The fourth-order valence-electron chi connectivity index (χ4n) is 3.26. The summed E-state index contributed by atoms with van der Waals surface area (Å²) in [4.78, 5) is 36.5. The van der Waals surface area contributed by atoms with Gasteiger partial charge in [0.15, 0.2) is 0 Å². The minimum Gasteiger partial charge on any atom is -0.475 e. The summed E-state index contributed by atoms with van der Waals surface area (Å²) in [5.41, 5.74) is 4.35. The Morgan fingerprint density at radius 2 is 1.67 bits per heavy atom. The van der Waals surface area contributed by atoms with E-state index < -0.39 is 12.1 Å². The standard InChI is InChI=1S/C20H17FN4O.C2HF3O2/c21-16-5-3-14(4-6-16)20(26)25-10-7-17-18(8-11-25)23-13-24-19(17)15-2-1-9-22-12-15;3-2(4,5)1(6)7/h1-6,9,12-13H,7-8,10-11H2;(H,6,7). The number of aromatic nitrogens is 3. The van der Waals surface area contributed by atoms with Gasteiger partial charge in [0.2, 0.25) is 0 Å². The zero-order valence-corrected chi connectivity index (χ0v) is 17.1. The molecule has 2 aromatic heterocycles. The van der Waals surface area contributed by atoms with Gasteiger partial charge in [0.1, 0.15) is 12.1 Å². The second kappa shape index (κ2) is 10.2. The lowest BCUT2D eigenvalue weighted by Gasteiger charge is -2.20. The summed E-state index contributed by atoms with van der Waals surface area (Å²) in [6.07, 6.45) is 1.34. The van der Waals surface area contributed by atoms with Crippen LogP contribution in [0, 0.1) is 5.82 Å². The molecule has 1 aromatic carbocycles. The number of carbonyl (C=O) groups excluding carboxylic acids is 1. The number of benzene rings is 1. The third kappa shape index (κ3) is 6.09. The molecular weight excluding hydrogens is 444 g/mol. The van der Waals surface area contributed by atoms with E-state index in [1.54, 1.807) is 23.6 Å². The molecule has 0 fully saturated rings. The number of carboxylic acid groups (broad SMARTS) is 1. The summed E-state index contributed by atoms with van der Waals surface area (Å²) in [5, 5.41) is 7.12. The maximum absolute atomic E-state index is 13.1. The van der Waals surface area contributed by atoms with Crippen LogP contribution in [-0.4, -0.2) is 56.1 Å². The minimum absolute atomic E-state index is 0.0892. The van der Waals surface area contributed by atoms with Crippen molar-refractivity contribution in [2.24, 2.45) is 0 Å². The highest BCUT2D eigenvalue weighted by molar-refractivity contribution is 5.94. The number of hydrogen-bond acceptors (Lipinski definition) is 5. The highest BCUT2D eigenvalue weighted by Gasteiger charge is 2.38. The molecule has 1 amide bonds. The molecule has 1 N–H and O–H groups in total. The molecule has 0 aliphatic carbocycles. The monoisotopic (exact) mass is 462 g/mol. The number of halogens is 4. The van der Waals surface area contributed by atoms with Crippen LogP contribution >= 0.6 is 0 Å². The van der Waals surface area contributed by atoms with Crippen molar-refractivity contribution < 1.29 is 32.3 Å². The summed E-state index contributed by atoms with van der Waals surface area (Å²) in [5.74, 6) is -3.19. The minimum atomic E-state index is -5.08. The summed E-state index contributed by atoms with van der Waals surface area (Å²) >= 11 is 0. The van der Waals surface area contributed by atoms with Gasteiger partial charge in [-0.05, 0) is 42.8 Å². The second-order valence-corrected chi connectivity index (χ2v) is 6.99. The lowest BCUT2D eigenvalue weighted by molar-refractivity contribution is -0.192. The zero-order valence-electron chi connectivity index (χ0n) is 17.1. The van der Waals surface area contributed by atoms with Crippen molar-refractivity contribution in [3.05, 3.63) is 77.8 Å². The average Bonchev–Trinajstić information content (AvgIpc) is 3.02. The number of carbonyl (C=O) groups is 2. The van der Waals surface area contributed by atoms with E-state index in [4.69, 9.17) is 9.90 Å². The van der Waals surface area contributed by atoms with E-state index in [0.29, 0.717) is 31.5 Å². The zero-order chi connectivity index (χ0) is 24.0. The van der Waals surface area contributed by atoms with Gasteiger partial charge in [0.05, 0.1) is 5.69 Å². The largest absolute Gasteiger partial charge is 0.490 e. The fraction of sp³-hybridized carbons (Fsp3) is 0.227. The topological polar surface area (TPSA) is 96.3 Å². The van der Waals surface area contributed by atoms with E-state index in [1.165, 1.54) is 24.3 Å². The van der Waals surface area contributed by atoms with Crippen LogP contribution in [0.25, 0.3) is 11.3 Å². The average molecular weight is 462 g/mol. The Morgan fingerprint density at radius 3 is 2.27 bits per heavy atom. The van der Waals surface area contributed by atoms with Crippen molar-refractivity contribution in [2.75, 3.05) is 13.1 Å². The number of alkyl halides is 3. The number of carboxylic acids is 1. The van der Waals surface area contributed by atoms with Crippen molar-refractivity contribution in [1.82, 2.24) is 19.9 Å². The molecule has 33 heavy (non-hydrogen) atoms. The van der Waals surface area contributed by atoms with Crippen LogP contribution in [0.2, 0.25) is 0 Å². The van der Waals surface area contributed by atoms with Crippen LogP contribution in [-0.2, 0) is 17.6 Å². The molecule has 3 heterocycles. The predicted molar refractivity (Wildman–Crippen MR) is 109 cm³/mol. The first-order valence-corrected chi connectivity index (χ1v) is 9.75. The molecule has 0 saturated heterocycles. The number of fused-ring (bicyclic) bond motifs is 1. The third-order valence-corrected chi connectivity index (χ3v) is 4.84. The Labute approximate surface area is 185 Å². The Hall–Kier alpha value is -3.89. The Bertz CT molecular complexity index is 1120. The molecule has 0 bridgehead atoms. The van der Waals surface area contributed by atoms with Gasteiger partial charge in [-0.1, -0.05) is 0 Å². The van der Waals surface area contributed by atoms with Gasteiger partial charge in [0, 0.05) is 54.3 Å². The molecule has 0 saturated carbocycles. The number of rotatable bonds is 2. The van der Waals surface area contributed by atoms with Crippen molar-refractivity contribution in [3.63, 3.8) is 0 Å². The SMILES string of the molecule is O=C(O)C(F)(F)F.O=C(c1ccc(F)cc1)N1CCc2ncnc(-c3cccnc3)c2CC1. The number of hydrogen-bond donors (Lipinski definition) is 1. The second-order valence-electron chi connectivity index (χ2n) is 6.99. The van der Waals surface area contributed by atoms with E-state index in [1.807, 2.05) is 12.1 Å². The molecule has 0 unspecified atom stereocenters. The number of nitrogens with zero attached hydrogens (tertiary/aromatic N) is 4. The summed E-state index contributed by atoms with van der Waals surface area (Å²) < 4.78 is 44.8. The van der Waals surface area contributed by atoms with Crippen LogP contribution in [0.1, 0.15) is 21.6 Å². The van der Waals surface area contributed by atoms with Gasteiger partial charge in [-0.15, -0.1) is 0 Å². The molecule has 3 aromatic rings. The van der Waals surface area contributed by atoms with Crippen LogP contribution < -0.4 is 0 Å². The van der Waals surface area contributed by atoms with E-state index >= 15 is 0 Å². The molecule has 4 rings (SSSR count). The number of amides is 1. The molecule has 0 radical (unpaired) electrons. The van der Waals surface area contributed by atoms with Gasteiger partial charge in [-0.25, -0.2) is 19.2 Å². The Kier molecular flexibility index (Phi) is 7.31. The predicted octanol–water partition coefficient (Wildman–Crippen LogP) is 3.55. The Morgan fingerprint density at radius 1 is 1.00 bits per heavy atom. The molecule has 0 spiro atoms. The van der Waals surface area contributed by atoms with E-state index in [9.17, 15) is 22.4 Å². The fourth-order valence-corrected chi connectivity index (χ4v) is 3.26. The molecule has 0 atom stereocenters. The number of aliphatic carboxylic acids is 1. The van der Waals surface area contributed by atoms with E-state index in [0.717, 1.165) is 22.5 Å². The van der Waals surface area contributed by atoms with Crippen LogP contribution in [0.5, 0.6) is 0 Å². The van der Waals surface area contributed by atoms with Crippen molar-refractivity contribution in [2.45, 2.75) is 19.0 Å². The first-order chi connectivity index (χ1) is 15.7. The van der Waals surface area contributed by atoms with Gasteiger partial charge >= 0.3 is 12.1 Å². The summed E-state index contributed by atoms with van der Waals surface area (Å²) in [6.45, 7) is 1.15. The van der Waals surface area contributed by atoms with E-state index in [-0.39, 0.29) is 11.7 Å². The van der Waals surface area contributed by atoms with Crippen molar-refractivity contribution in [3.8, 4) is 11.3 Å². The number of pyridine rings is 1. The first-order valence-electron chi connectivity index (χ1n) is 9.75. The molecule has 11 heteroatoms. The normalized spacial score (nSPS) is 13.3. The lowest BCUT2D eigenvalue weighted by Crippen LogP contribution is -2.33. The molecule has 1 aliphatic heterocycles. The highest BCUT2D eigenvalue weighted by atomic mass is 19.4. The molecule has 172 valence electrons. The maximum Gasteiger partial charge on any atom is 0.490 e. The van der Waals surface area contributed by atoms with Gasteiger partial charge in [-0.3, -0.25) is 9.78 Å². The maximum atomic E-state index is 13.1. The summed E-state index contributed by atoms with van der Waals surface area (Å²) in [7, 11) is 0. The van der Waals surface area contributed by atoms with Crippen LogP contribution in [0.15, 0.2) is 55.1 Å². The van der Waals surface area contributed by atoms with Gasteiger partial charge in [-0.2, -0.15) is 13.2 Å². The van der Waals surface area contributed by atoms with E-state index in [2.05, 4.69) is 15.0 Å². The molecular formula is C22H18F4N4O3. The van der Waals surface area contributed by atoms with Gasteiger partial charge in [0.25, 0.3) is 5.91 Å². The quantitative estimate of drug-likeness (QED) is 0.586. The smallest absolute Gasteiger partial charge is 0.475 e. The highest BCUT2D eigenvalue weighted by Crippen LogP contribution is 2.25. The van der Waals surface area contributed by atoms with Crippen molar-refractivity contribution >= 4 is 11.9 Å². The van der Waals surface area contributed by atoms with Gasteiger partial charge < -0.3 is 10.0 Å². The first kappa shape index (κ1) is 23.8. The Balaban J connectivity index is 0.000000383. The molecule has 7 nitrogen and oxygen atoms in total. The molecule has 1 aliphatic rings. The summed E-state index contributed by atoms with van der Waals surface area (Å²) in [6, 6.07) is 9.53. The van der Waals surface area contributed by atoms with Crippen molar-refractivity contribution in [1.29, 1.82) is 0 Å². The van der Waals surface area contributed by atoms with Crippen LogP contribution in [0.3, 0.4) is 0 Å². The third-order valence-electron chi connectivity index (χ3n) is 4.84.